The Labute approximate surface area is 143 Å². The van der Waals surface area contributed by atoms with Gasteiger partial charge < -0.3 is 4.74 Å². The number of halogens is 2. The Bertz CT molecular complexity index is 569. The average Bonchev–Trinajstić information content (AvgIpc) is 2.45. The molecule has 22 heavy (non-hydrogen) atoms. The number of hydrogen-bond donors (Lipinski definition) is 3. The summed E-state index contributed by atoms with van der Waals surface area (Å²) in [5.41, 5.74) is 4.98. The molecule has 1 aromatic carbocycles. The number of carbonyl (C=O) groups excluding carboxylic acids is 2. The van der Waals surface area contributed by atoms with Crippen molar-refractivity contribution in [3.05, 3.63) is 33.8 Å². The molecule has 0 saturated heterocycles. The molecule has 1 rings (SSSR count). The Morgan fingerprint density at radius 3 is 2.64 bits per heavy atom. The highest BCUT2D eigenvalue weighted by atomic mass is 35.5. The van der Waals surface area contributed by atoms with Gasteiger partial charge in [0.2, 0.25) is 5.91 Å². The maximum absolute atomic E-state index is 11.9. The van der Waals surface area contributed by atoms with E-state index in [4.69, 9.17) is 40.2 Å². The van der Waals surface area contributed by atoms with Crippen LogP contribution in [0.15, 0.2) is 18.2 Å². The van der Waals surface area contributed by atoms with Crippen LogP contribution in [0.4, 0.5) is 0 Å². The van der Waals surface area contributed by atoms with Crippen LogP contribution in [0.5, 0.6) is 0 Å². The Morgan fingerprint density at radius 2 is 2.00 bits per heavy atom. The molecule has 0 bridgehead atoms. The fraction of sp³-hybridized carbons (Fsp3) is 0.308. The summed E-state index contributed by atoms with van der Waals surface area (Å²) in [7, 11) is 0. The highest BCUT2D eigenvalue weighted by Gasteiger charge is 2.12. The van der Waals surface area contributed by atoms with Gasteiger partial charge in [0, 0.05) is 11.6 Å². The second-order valence-electron chi connectivity index (χ2n) is 4.03. The molecule has 0 aromatic heterocycles. The topological polar surface area (TPSA) is 79.5 Å². The molecule has 0 aliphatic carbocycles. The summed E-state index contributed by atoms with van der Waals surface area (Å²) in [6.45, 7) is 2.68. The van der Waals surface area contributed by atoms with Crippen molar-refractivity contribution in [3.63, 3.8) is 0 Å². The van der Waals surface area contributed by atoms with E-state index in [1.165, 1.54) is 18.2 Å². The van der Waals surface area contributed by atoms with Crippen LogP contribution in [0, 0.1) is 0 Å². The van der Waals surface area contributed by atoms with Gasteiger partial charge in [-0.2, -0.15) is 0 Å². The molecule has 0 spiro atoms. The number of ether oxygens (including phenoxy) is 1. The second kappa shape index (κ2) is 9.58. The third-order valence-corrected chi connectivity index (χ3v) is 3.15. The third-order valence-electron chi connectivity index (χ3n) is 2.40. The van der Waals surface area contributed by atoms with E-state index >= 15 is 0 Å². The first-order valence-electron chi connectivity index (χ1n) is 6.37. The molecule has 9 heteroatoms. The second-order valence-corrected chi connectivity index (χ2v) is 5.28. The molecule has 0 aliphatic heterocycles. The van der Waals surface area contributed by atoms with E-state index in [9.17, 15) is 9.59 Å². The molecule has 120 valence electrons. The van der Waals surface area contributed by atoms with Gasteiger partial charge in [0.15, 0.2) is 5.11 Å². The van der Waals surface area contributed by atoms with Crippen molar-refractivity contribution < 1.29 is 14.3 Å². The summed E-state index contributed by atoms with van der Waals surface area (Å²) in [4.78, 5) is 23.4. The minimum absolute atomic E-state index is 0.0548. The van der Waals surface area contributed by atoms with Crippen molar-refractivity contribution in [1.82, 2.24) is 16.2 Å². The fourth-order valence-electron chi connectivity index (χ4n) is 1.37. The highest BCUT2D eigenvalue weighted by molar-refractivity contribution is 7.80. The van der Waals surface area contributed by atoms with E-state index in [1.54, 1.807) is 0 Å². The first kappa shape index (κ1) is 18.6. The van der Waals surface area contributed by atoms with Crippen LogP contribution in [0.3, 0.4) is 0 Å². The van der Waals surface area contributed by atoms with Crippen LogP contribution in [-0.4, -0.2) is 30.1 Å². The molecule has 6 nitrogen and oxygen atoms in total. The number of benzene rings is 1. The third kappa shape index (κ3) is 6.57. The molecule has 3 N–H and O–H groups in total. The zero-order valence-corrected chi connectivity index (χ0v) is 14.1. The molecular formula is C13H15Cl2N3O3S. The average molecular weight is 364 g/mol. The van der Waals surface area contributed by atoms with Gasteiger partial charge in [-0.25, -0.2) is 0 Å². The van der Waals surface area contributed by atoms with Gasteiger partial charge in [-0.1, -0.05) is 23.2 Å². The minimum Gasteiger partial charge on any atom is -0.381 e. The zero-order chi connectivity index (χ0) is 16.5. The highest BCUT2D eigenvalue weighted by Crippen LogP contribution is 2.20. The molecule has 0 aliphatic rings. The summed E-state index contributed by atoms with van der Waals surface area (Å²) in [6, 6.07) is 4.46. The van der Waals surface area contributed by atoms with Gasteiger partial charge in [0.1, 0.15) is 0 Å². The van der Waals surface area contributed by atoms with Crippen molar-refractivity contribution in [3.8, 4) is 0 Å². The van der Waals surface area contributed by atoms with E-state index in [0.29, 0.717) is 18.2 Å². The number of carbonyl (C=O) groups is 2. The lowest BCUT2D eigenvalue weighted by Gasteiger charge is -2.11. The van der Waals surface area contributed by atoms with Crippen LogP contribution in [-0.2, 0) is 9.53 Å². The number of amides is 2. The molecule has 0 atom stereocenters. The summed E-state index contributed by atoms with van der Waals surface area (Å²) < 4.78 is 5.04. The predicted octanol–water partition coefficient (Wildman–Crippen LogP) is 2.06. The Hall–Kier alpha value is -1.41. The van der Waals surface area contributed by atoms with Crippen LogP contribution in [0.25, 0.3) is 0 Å². The fourth-order valence-corrected chi connectivity index (χ4v) is 2.01. The predicted molar refractivity (Wildman–Crippen MR) is 88.9 cm³/mol. The SMILES string of the molecule is CCOCCC(=O)NNC(=S)NC(=O)c1ccc(Cl)cc1Cl. The zero-order valence-electron chi connectivity index (χ0n) is 11.7. The molecule has 0 heterocycles. The Balaban J connectivity index is 2.41. The molecule has 0 saturated carbocycles. The summed E-state index contributed by atoms with van der Waals surface area (Å²) in [5.74, 6) is -0.822. The molecular weight excluding hydrogens is 349 g/mol. The van der Waals surface area contributed by atoms with Gasteiger partial charge in [0.25, 0.3) is 5.91 Å². The monoisotopic (exact) mass is 363 g/mol. The maximum atomic E-state index is 11.9. The van der Waals surface area contributed by atoms with Crippen molar-refractivity contribution in [2.75, 3.05) is 13.2 Å². The summed E-state index contributed by atoms with van der Waals surface area (Å²) in [6.07, 6.45) is 0.181. The van der Waals surface area contributed by atoms with Crippen LogP contribution in [0.2, 0.25) is 10.0 Å². The molecule has 0 unspecified atom stereocenters. The van der Waals surface area contributed by atoms with E-state index in [1.807, 2.05) is 6.92 Å². The quantitative estimate of drug-likeness (QED) is 0.423. The standard InChI is InChI=1S/C13H15Cl2N3O3S/c1-2-21-6-5-11(19)17-18-13(22)16-12(20)9-4-3-8(14)7-10(9)15/h3-4,7H,2,5-6H2,1H3,(H,17,19)(H2,16,18,20,22). The van der Waals surface area contributed by atoms with Gasteiger partial charge in [0.05, 0.1) is 23.6 Å². The van der Waals surface area contributed by atoms with E-state index < -0.39 is 5.91 Å². The van der Waals surface area contributed by atoms with Gasteiger partial charge in [-0.15, -0.1) is 0 Å². The first-order valence-corrected chi connectivity index (χ1v) is 7.53. The van der Waals surface area contributed by atoms with Gasteiger partial charge in [-0.3, -0.25) is 25.8 Å². The lowest BCUT2D eigenvalue weighted by Crippen LogP contribution is -2.48. The van der Waals surface area contributed by atoms with Crippen molar-refractivity contribution in [1.29, 1.82) is 0 Å². The lowest BCUT2D eigenvalue weighted by atomic mass is 10.2. The Kier molecular flexibility index (Phi) is 8.11. The Morgan fingerprint density at radius 1 is 1.27 bits per heavy atom. The van der Waals surface area contributed by atoms with E-state index in [-0.39, 0.29) is 28.0 Å². The smallest absolute Gasteiger partial charge is 0.258 e. The number of nitrogens with one attached hydrogen (secondary N) is 3. The van der Waals surface area contributed by atoms with Crippen LogP contribution in [0.1, 0.15) is 23.7 Å². The van der Waals surface area contributed by atoms with Crippen LogP contribution >= 0.6 is 35.4 Å². The van der Waals surface area contributed by atoms with Gasteiger partial charge >= 0.3 is 0 Å². The number of hydrazine groups is 1. The molecule has 1 aromatic rings. The van der Waals surface area contributed by atoms with Crippen molar-refractivity contribution in [2.24, 2.45) is 0 Å². The number of thiocarbonyl (C=S) groups is 1. The van der Waals surface area contributed by atoms with Crippen molar-refractivity contribution >= 4 is 52.3 Å². The van der Waals surface area contributed by atoms with Crippen LogP contribution < -0.4 is 16.2 Å². The molecule has 0 fully saturated rings. The summed E-state index contributed by atoms with van der Waals surface area (Å²) in [5, 5.41) is 2.95. The summed E-state index contributed by atoms with van der Waals surface area (Å²) >= 11 is 16.6. The van der Waals surface area contributed by atoms with Crippen molar-refractivity contribution in [2.45, 2.75) is 13.3 Å². The van der Waals surface area contributed by atoms with E-state index in [0.717, 1.165) is 0 Å². The largest absolute Gasteiger partial charge is 0.381 e. The van der Waals surface area contributed by atoms with E-state index in [2.05, 4.69) is 16.2 Å². The molecule has 0 radical (unpaired) electrons. The normalized spacial score (nSPS) is 9.95. The number of hydrogen-bond acceptors (Lipinski definition) is 4. The lowest BCUT2D eigenvalue weighted by molar-refractivity contribution is -0.122. The maximum Gasteiger partial charge on any atom is 0.258 e. The first-order chi connectivity index (χ1) is 10.4. The molecule has 2 amide bonds. The van der Waals surface area contributed by atoms with Gasteiger partial charge in [-0.05, 0) is 37.3 Å². The minimum atomic E-state index is -0.511. The number of rotatable bonds is 5.